The van der Waals surface area contributed by atoms with Gasteiger partial charge in [0.15, 0.2) is 18.9 Å². The lowest BCUT2D eigenvalue weighted by Gasteiger charge is -2.48. The highest BCUT2D eigenvalue weighted by Gasteiger charge is 2.53. The first-order chi connectivity index (χ1) is 47.3. The standard InChI is InChI=1S/C78H131NO18/c1-3-5-7-9-11-13-15-17-18-19-20-21-22-23-24-25-26-27-28-29-30-31-32-33-34-35-36-37-38-39-40-41-42-44-46-48-50-52-54-56-66(84)79-61(62(83)55-53-51-49-47-45-43-16-14-12-10-8-6-4-2)60-92-76-72(90)69(87)74(64(58-81)94-76)97-78-73(91)70(88)75(65(59-82)95-78)96-77-71(89)68(86)67(85)63(57-80)93-77/h5,7,11,13,17-18,20-21,23-24,26-27,29-30,32-33,35-36,53,55,61-65,67-78,80-83,85-91H,3-4,6,8-10,12,14-16,19,22,25,28,31,34,37-52,54,56-60H2,1-2H3,(H,79,84)/b7-5-,13-11-,18-17-,21-20-,24-23-,27-26-,30-29-,33-32-,36-35-,55-53+. The molecule has 12 N–H and O–H groups in total. The van der Waals surface area contributed by atoms with E-state index >= 15 is 0 Å². The molecule has 3 aliphatic rings. The van der Waals surface area contributed by atoms with Crippen molar-refractivity contribution < 1.29 is 89.4 Å². The lowest BCUT2D eigenvalue weighted by molar-refractivity contribution is -0.379. The molecule has 3 heterocycles. The lowest BCUT2D eigenvalue weighted by atomic mass is 9.96. The van der Waals surface area contributed by atoms with Crippen LogP contribution in [0.25, 0.3) is 0 Å². The molecule has 19 nitrogen and oxygen atoms in total. The van der Waals surface area contributed by atoms with Gasteiger partial charge in [0, 0.05) is 6.42 Å². The average Bonchev–Trinajstić information content (AvgIpc) is 0.809. The van der Waals surface area contributed by atoms with Gasteiger partial charge >= 0.3 is 0 Å². The van der Waals surface area contributed by atoms with Gasteiger partial charge in [-0.1, -0.05) is 257 Å². The van der Waals surface area contributed by atoms with E-state index in [1.54, 1.807) is 6.08 Å². The Morgan fingerprint density at radius 3 is 1.11 bits per heavy atom. The van der Waals surface area contributed by atoms with Crippen molar-refractivity contribution in [2.24, 2.45) is 0 Å². The zero-order valence-corrected chi connectivity index (χ0v) is 59.0. The molecule has 1 amide bonds. The number of rotatable bonds is 56. The molecular weight excluding hydrogens is 1240 g/mol. The predicted molar refractivity (Wildman–Crippen MR) is 383 cm³/mol. The molecule has 19 heteroatoms. The normalized spacial score (nSPS) is 27.6. The number of aliphatic hydroxyl groups is 11. The second kappa shape index (κ2) is 57.8. The zero-order chi connectivity index (χ0) is 70.4. The number of aliphatic hydroxyl groups excluding tert-OH is 11. The molecule has 3 saturated heterocycles. The summed E-state index contributed by atoms with van der Waals surface area (Å²) in [5.74, 6) is -0.284. The van der Waals surface area contributed by atoms with Crippen LogP contribution in [0.15, 0.2) is 122 Å². The number of carbonyl (C=O) groups excluding carboxylic acids is 1. The largest absolute Gasteiger partial charge is 0.394 e. The fraction of sp³-hybridized carbons (Fsp3) is 0.731. The molecule has 97 heavy (non-hydrogen) atoms. The van der Waals surface area contributed by atoms with Crippen LogP contribution in [-0.2, 0) is 33.2 Å². The Morgan fingerprint density at radius 2 is 0.711 bits per heavy atom. The Balaban J connectivity index is 1.33. The number of hydrogen-bond donors (Lipinski definition) is 12. The number of amides is 1. The summed E-state index contributed by atoms with van der Waals surface area (Å²) < 4.78 is 34.3. The van der Waals surface area contributed by atoms with E-state index in [-0.39, 0.29) is 18.9 Å². The monoisotopic (exact) mass is 1370 g/mol. The summed E-state index contributed by atoms with van der Waals surface area (Å²) >= 11 is 0. The Bertz CT molecular complexity index is 2230. The van der Waals surface area contributed by atoms with Crippen LogP contribution in [0.3, 0.4) is 0 Å². The summed E-state index contributed by atoms with van der Waals surface area (Å²) in [6, 6.07) is -0.981. The molecule has 17 unspecified atom stereocenters. The van der Waals surface area contributed by atoms with Crippen molar-refractivity contribution in [2.45, 2.75) is 336 Å². The summed E-state index contributed by atoms with van der Waals surface area (Å²) in [6.45, 7) is 1.59. The first-order valence-electron chi connectivity index (χ1n) is 37.3. The van der Waals surface area contributed by atoms with Gasteiger partial charge in [-0.25, -0.2) is 0 Å². The Labute approximate surface area is 582 Å². The summed E-state index contributed by atoms with van der Waals surface area (Å²) in [6.07, 6.45) is 53.3. The molecule has 0 aromatic carbocycles. The van der Waals surface area contributed by atoms with Gasteiger partial charge in [0.1, 0.15) is 73.2 Å². The highest BCUT2D eigenvalue weighted by Crippen LogP contribution is 2.33. The third-order valence-electron chi connectivity index (χ3n) is 17.8. The van der Waals surface area contributed by atoms with Crippen molar-refractivity contribution in [1.29, 1.82) is 0 Å². The molecule has 0 aromatic rings. The molecule has 3 fully saturated rings. The van der Waals surface area contributed by atoms with E-state index in [1.165, 1.54) is 89.9 Å². The van der Waals surface area contributed by atoms with Crippen LogP contribution in [-0.4, -0.2) is 193 Å². The van der Waals surface area contributed by atoms with E-state index in [0.717, 1.165) is 116 Å². The van der Waals surface area contributed by atoms with Gasteiger partial charge in [-0.2, -0.15) is 0 Å². The number of hydrogen-bond acceptors (Lipinski definition) is 18. The molecule has 17 atom stereocenters. The molecule has 3 rings (SSSR count). The second-order valence-corrected chi connectivity index (χ2v) is 26.0. The maximum atomic E-state index is 13.4. The van der Waals surface area contributed by atoms with Crippen LogP contribution in [0.1, 0.15) is 232 Å². The number of ether oxygens (including phenoxy) is 6. The minimum absolute atomic E-state index is 0.233. The van der Waals surface area contributed by atoms with Gasteiger partial charge in [-0.05, 0) is 89.9 Å². The van der Waals surface area contributed by atoms with Crippen molar-refractivity contribution in [3.05, 3.63) is 122 Å². The molecule has 0 radical (unpaired) electrons. The third-order valence-corrected chi connectivity index (χ3v) is 17.8. The fourth-order valence-electron chi connectivity index (χ4n) is 11.8. The minimum atomic E-state index is -1.98. The van der Waals surface area contributed by atoms with Crippen molar-refractivity contribution in [3.63, 3.8) is 0 Å². The van der Waals surface area contributed by atoms with E-state index in [2.05, 4.69) is 129 Å². The minimum Gasteiger partial charge on any atom is -0.394 e. The van der Waals surface area contributed by atoms with Gasteiger partial charge < -0.3 is 89.9 Å². The number of unbranched alkanes of at least 4 members (excludes halogenated alkanes) is 22. The van der Waals surface area contributed by atoms with E-state index in [1.807, 2.05) is 6.08 Å². The van der Waals surface area contributed by atoms with E-state index in [0.29, 0.717) is 6.42 Å². The zero-order valence-electron chi connectivity index (χ0n) is 59.0. The number of carbonyl (C=O) groups is 1. The number of nitrogens with one attached hydrogen (secondary N) is 1. The molecule has 0 aromatic heterocycles. The van der Waals surface area contributed by atoms with Crippen LogP contribution >= 0.6 is 0 Å². The molecule has 0 spiro atoms. The first-order valence-corrected chi connectivity index (χ1v) is 37.3. The average molecular weight is 1370 g/mol. The number of allylic oxidation sites excluding steroid dienone is 19. The van der Waals surface area contributed by atoms with E-state index in [9.17, 15) is 61.0 Å². The highest BCUT2D eigenvalue weighted by atomic mass is 16.8. The van der Waals surface area contributed by atoms with Crippen molar-refractivity contribution >= 4 is 5.91 Å². The Kier molecular flexibility index (Phi) is 52.1. The van der Waals surface area contributed by atoms with Crippen LogP contribution in [0.2, 0.25) is 0 Å². The second-order valence-electron chi connectivity index (χ2n) is 26.0. The SMILES string of the molecule is CC/C=C\C/C=C\C/C=C\C/C=C\C/C=C\C/C=C\C/C=C\C/C=C\C/C=C\CCCCCCCCCCCCCC(=O)NC(COC1OC(CO)C(OC2OC(CO)C(OC3OC(CO)C(O)C(O)C3O)C(O)C2O)C(O)C1O)C(O)/C=C/CCCCCCCCCCCCC. The Morgan fingerprint density at radius 1 is 0.381 bits per heavy atom. The van der Waals surface area contributed by atoms with Crippen molar-refractivity contribution in [1.82, 2.24) is 5.32 Å². The summed E-state index contributed by atoms with van der Waals surface area (Å²) in [5.41, 5.74) is 0. The van der Waals surface area contributed by atoms with Gasteiger partial charge in [0.05, 0.1) is 38.6 Å². The summed E-state index contributed by atoms with van der Waals surface area (Å²) in [7, 11) is 0. The fourth-order valence-corrected chi connectivity index (χ4v) is 11.8. The van der Waals surface area contributed by atoms with Gasteiger partial charge in [-0.3, -0.25) is 4.79 Å². The smallest absolute Gasteiger partial charge is 0.220 e. The third kappa shape index (κ3) is 38.7. The maximum absolute atomic E-state index is 13.4. The highest BCUT2D eigenvalue weighted by molar-refractivity contribution is 5.76. The molecular formula is C78H131NO18. The van der Waals surface area contributed by atoms with Crippen molar-refractivity contribution in [2.75, 3.05) is 26.4 Å². The van der Waals surface area contributed by atoms with Crippen LogP contribution < -0.4 is 5.32 Å². The summed E-state index contributed by atoms with van der Waals surface area (Å²) in [4.78, 5) is 13.4. The van der Waals surface area contributed by atoms with Gasteiger partial charge in [-0.15, -0.1) is 0 Å². The molecule has 0 bridgehead atoms. The quantitative estimate of drug-likeness (QED) is 0.0199. The Hall–Kier alpha value is -3.81. The first kappa shape index (κ1) is 87.4. The predicted octanol–water partition coefficient (Wildman–Crippen LogP) is 11.2. The lowest BCUT2D eigenvalue weighted by Crippen LogP contribution is -2.66. The topological polar surface area (TPSA) is 307 Å². The van der Waals surface area contributed by atoms with Gasteiger partial charge in [0.2, 0.25) is 5.91 Å². The van der Waals surface area contributed by atoms with Crippen LogP contribution in [0, 0.1) is 0 Å². The molecule has 3 aliphatic heterocycles. The summed E-state index contributed by atoms with van der Waals surface area (Å²) in [5, 5.41) is 120. The van der Waals surface area contributed by atoms with E-state index < -0.39 is 124 Å². The van der Waals surface area contributed by atoms with Crippen LogP contribution in [0.5, 0.6) is 0 Å². The van der Waals surface area contributed by atoms with E-state index in [4.69, 9.17) is 28.4 Å². The molecule has 0 saturated carbocycles. The maximum Gasteiger partial charge on any atom is 0.220 e. The molecule has 556 valence electrons. The van der Waals surface area contributed by atoms with Crippen LogP contribution in [0.4, 0.5) is 0 Å². The molecule has 0 aliphatic carbocycles. The van der Waals surface area contributed by atoms with Crippen molar-refractivity contribution in [3.8, 4) is 0 Å². The van der Waals surface area contributed by atoms with Gasteiger partial charge in [0.25, 0.3) is 0 Å².